The molecule has 0 aliphatic heterocycles. The van der Waals surface area contributed by atoms with Gasteiger partial charge in [0.25, 0.3) is 20.2 Å². The summed E-state index contributed by atoms with van der Waals surface area (Å²) >= 11 is 0. The van der Waals surface area contributed by atoms with Gasteiger partial charge in [0.2, 0.25) is 0 Å². The maximum absolute atomic E-state index is 11.8. The lowest BCUT2D eigenvalue weighted by Crippen LogP contribution is -2.26. The van der Waals surface area contributed by atoms with E-state index in [2.05, 4.69) is 0 Å². The minimum atomic E-state index is -3.74. The van der Waals surface area contributed by atoms with Gasteiger partial charge in [0.05, 0.1) is 18.1 Å². The predicted octanol–water partition coefficient (Wildman–Crippen LogP) is 3.39. The van der Waals surface area contributed by atoms with Crippen LogP contribution in [0.4, 0.5) is 0 Å². The fourth-order valence-corrected chi connectivity index (χ4v) is 5.18. The van der Waals surface area contributed by atoms with Crippen LogP contribution in [0.3, 0.4) is 0 Å². The molecule has 2 aromatic rings. The highest BCUT2D eigenvalue weighted by Crippen LogP contribution is 2.55. The summed E-state index contributed by atoms with van der Waals surface area (Å²) < 4.78 is 57.9. The summed E-state index contributed by atoms with van der Waals surface area (Å²) in [4.78, 5) is 0. The molecular weight excluding hydrogens is 388 g/mol. The third-order valence-electron chi connectivity index (χ3n) is 4.95. The first-order valence-electron chi connectivity index (χ1n) is 8.79. The molecule has 6 nitrogen and oxygen atoms in total. The molecule has 3 atom stereocenters. The maximum Gasteiger partial charge on any atom is 0.264 e. The summed E-state index contributed by atoms with van der Waals surface area (Å²) in [6.45, 7) is 1.96. The molecule has 1 aliphatic rings. The van der Waals surface area contributed by atoms with E-state index < -0.39 is 31.9 Å². The maximum atomic E-state index is 11.8. The van der Waals surface area contributed by atoms with Crippen molar-refractivity contribution in [1.29, 1.82) is 0 Å². The Balaban J connectivity index is 1.97. The van der Waals surface area contributed by atoms with Crippen molar-refractivity contribution in [2.75, 3.05) is 12.5 Å². The van der Waals surface area contributed by atoms with Gasteiger partial charge >= 0.3 is 0 Å². The lowest BCUT2D eigenvalue weighted by molar-refractivity contribution is 0.0924. The van der Waals surface area contributed by atoms with E-state index in [1.165, 1.54) is 0 Å². The minimum absolute atomic E-state index is 0.0540. The molecule has 8 heteroatoms. The Morgan fingerprint density at radius 3 is 2.26 bits per heavy atom. The van der Waals surface area contributed by atoms with Gasteiger partial charge in [-0.15, -0.1) is 0 Å². The van der Waals surface area contributed by atoms with Gasteiger partial charge in [0.15, 0.2) is 0 Å². The number of benzene rings is 2. The van der Waals surface area contributed by atoms with Crippen LogP contribution in [0.5, 0.6) is 0 Å². The summed E-state index contributed by atoms with van der Waals surface area (Å²) in [5.74, 6) is 0.0540. The molecule has 0 saturated heterocycles. The summed E-state index contributed by atoms with van der Waals surface area (Å²) in [6, 6.07) is 13.3. The smallest absolute Gasteiger partial charge is 0.263 e. The second kappa shape index (κ2) is 7.16. The Hall–Kier alpha value is -1.48. The van der Waals surface area contributed by atoms with Gasteiger partial charge in [-0.2, -0.15) is 16.8 Å². The second-order valence-corrected chi connectivity index (χ2v) is 10.4. The average Bonchev–Trinajstić information content (AvgIpc) is 3.22. The molecule has 148 valence electrons. The van der Waals surface area contributed by atoms with Crippen LogP contribution in [-0.2, 0) is 28.6 Å². The molecule has 0 aromatic heterocycles. The fraction of sp³-hybridized carbons (Fsp3) is 0.474. The Morgan fingerprint density at radius 2 is 1.70 bits per heavy atom. The van der Waals surface area contributed by atoms with Crippen LogP contribution < -0.4 is 0 Å². The standard InChI is InChI=1S/C19H24O6S2/c1-4-17-12-19(17,25-27(3,22)23)13-18(24-26(2,20)21)16-10-9-14-7-5-6-8-15(14)11-16/h5-11,17-18H,4,12-13H2,1-3H3/t17-,18?,19+/m1/s1. The van der Waals surface area contributed by atoms with Crippen molar-refractivity contribution in [1.82, 2.24) is 0 Å². The Labute approximate surface area is 160 Å². The number of rotatable bonds is 8. The third kappa shape index (κ3) is 5.07. The zero-order valence-corrected chi connectivity index (χ0v) is 17.2. The van der Waals surface area contributed by atoms with Gasteiger partial charge < -0.3 is 0 Å². The Kier molecular flexibility index (Phi) is 5.37. The molecule has 3 rings (SSSR count). The molecule has 0 radical (unpaired) electrons. The van der Waals surface area contributed by atoms with E-state index in [9.17, 15) is 16.8 Å². The molecule has 2 aromatic carbocycles. The molecule has 0 bridgehead atoms. The normalized spacial score (nSPS) is 24.0. The van der Waals surface area contributed by atoms with Crippen LogP contribution >= 0.6 is 0 Å². The predicted molar refractivity (Wildman–Crippen MR) is 104 cm³/mol. The zero-order valence-electron chi connectivity index (χ0n) is 15.6. The fourth-order valence-electron chi connectivity index (χ4n) is 3.70. The molecule has 27 heavy (non-hydrogen) atoms. The van der Waals surface area contributed by atoms with Crippen molar-refractivity contribution in [3.05, 3.63) is 48.0 Å². The van der Waals surface area contributed by atoms with E-state index in [0.29, 0.717) is 12.0 Å². The van der Waals surface area contributed by atoms with Crippen molar-refractivity contribution in [2.45, 2.75) is 37.9 Å². The second-order valence-electron chi connectivity index (χ2n) is 7.26. The highest BCUT2D eigenvalue weighted by molar-refractivity contribution is 7.86. The van der Waals surface area contributed by atoms with E-state index in [4.69, 9.17) is 8.37 Å². The van der Waals surface area contributed by atoms with Gasteiger partial charge in [-0.3, -0.25) is 8.37 Å². The molecule has 0 spiro atoms. The van der Waals surface area contributed by atoms with Gasteiger partial charge in [-0.25, -0.2) is 0 Å². The SMILES string of the molecule is CC[C@@H]1C[C@@]1(CC(OS(C)(=O)=O)c1ccc2ccccc2c1)OS(C)(=O)=O. The van der Waals surface area contributed by atoms with E-state index in [-0.39, 0.29) is 12.3 Å². The van der Waals surface area contributed by atoms with Crippen molar-refractivity contribution < 1.29 is 25.2 Å². The first-order chi connectivity index (χ1) is 12.5. The van der Waals surface area contributed by atoms with E-state index in [1.807, 2.05) is 49.4 Å². The van der Waals surface area contributed by atoms with Gasteiger partial charge in [0.1, 0.15) is 6.10 Å². The largest absolute Gasteiger partial charge is 0.264 e. The lowest BCUT2D eigenvalue weighted by Gasteiger charge is -2.24. The zero-order chi connectivity index (χ0) is 19.9. The average molecular weight is 413 g/mol. The summed E-state index contributed by atoms with van der Waals surface area (Å²) in [7, 11) is -7.42. The topological polar surface area (TPSA) is 86.7 Å². The monoisotopic (exact) mass is 412 g/mol. The van der Waals surface area contributed by atoms with Crippen molar-refractivity contribution in [3.63, 3.8) is 0 Å². The highest BCUT2D eigenvalue weighted by Gasteiger charge is 2.58. The first-order valence-corrected chi connectivity index (χ1v) is 12.4. The number of hydrogen-bond donors (Lipinski definition) is 0. The third-order valence-corrected chi connectivity index (χ3v) is 6.17. The van der Waals surface area contributed by atoms with Crippen LogP contribution in [-0.4, -0.2) is 34.9 Å². The van der Waals surface area contributed by atoms with Gasteiger partial charge in [-0.05, 0) is 34.7 Å². The van der Waals surface area contributed by atoms with E-state index >= 15 is 0 Å². The minimum Gasteiger partial charge on any atom is -0.263 e. The molecule has 1 fully saturated rings. The van der Waals surface area contributed by atoms with Crippen LogP contribution in [0.25, 0.3) is 10.8 Å². The summed E-state index contributed by atoms with van der Waals surface area (Å²) in [6.07, 6.45) is 2.66. The van der Waals surface area contributed by atoms with Crippen molar-refractivity contribution in [2.24, 2.45) is 5.92 Å². The molecule has 1 unspecified atom stereocenters. The van der Waals surface area contributed by atoms with Crippen LogP contribution in [0.2, 0.25) is 0 Å². The molecule has 1 saturated carbocycles. The number of fused-ring (bicyclic) bond motifs is 1. The van der Waals surface area contributed by atoms with Crippen LogP contribution in [0.1, 0.15) is 37.9 Å². The van der Waals surface area contributed by atoms with E-state index in [1.54, 1.807) is 0 Å². The molecule has 0 amide bonds. The summed E-state index contributed by atoms with van der Waals surface area (Å²) in [5.41, 5.74) is -0.235. The molecule has 1 aliphatic carbocycles. The quantitative estimate of drug-likeness (QED) is 0.618. The first kappa shape index (κ1) is 20.3. The Bertz CT molecular complexity index is 1040. The van der Waals surface area contributed by atoms with Gasteiger partial charge in [-0.1, -0.05) is 49.7 Å². The molecule has 0 N–H and O–H groups in total. The van der Waals surface area contributed by atoms with Crippen LogP contribution in [0, 0.1) is 5.92 Å². The van der Waals surface area contributed by atoms with Gasteiger partial charge in [0, 0.05) is 6.42 Å². The molecular formula is C19H24O6S2. The highest BCUT2D eigenvalue weighted by atomic mass is 32.2. The molecule has 0 heterocycles. The lowest BCUT2D eigenvalue weighted by atomic mass is 9.98. The van der Waals surface area contributed by atoms with E-state index in [0.717, 1.165) is 29.7 Å². The van der Waals surface area contributed by atoms with Crippen LogP contribution in [0.15, 0.2) is 42.5 Å². The number of hydrogen-bond acceptors (Lipinski definition) is 6. The van der Waals surface area contributed by atoms with Crippen molar-refractivity contribution in [3.8, 4) is 0 Å². The summed E-state index contributed by atoms with van der Waals surface area (Å²) in [5, 5.41) is 1.98. The Morgan fingerprint density at radius 1 is 1.04 bits per heavy atom. The van der Waals surface area contributed by atoms with Crippen molar-refractivity contribution >= 4 is 31.0 Å².